The van der Waals surface area contributed by atoms with E-state index in [1.54, 1.807) is 0 Å². The molecule has 0 spiro atoms. The molecule has 2 N–H and O–H groups in total. The van der Waals surface area contributed by atoms with Crippen LogP contribution >= 0.6 is 0 Å². The van der Waals surface area contributed by atoms with E-state index in [1.165, 1.54) is 0 Å². The van der Waals surface area contributed by atoms with E-state index in [0.717, 1.165) is 47.4 Å². The molecule has 1 aromatic rings. The number of rotatable bonds is 2. The lowest BCUT2D eigenvalue weighted by molar-refractivity contribution is -0.115. The van der Waals surface area contributed by atoms with Gasteiger partial charge in [0.05, 0.1) is 12.5 Å². The predicted octanol–water partition coefficient (Wildman–Crippen LogP) is 2.01. The molecule has 2 unspecified atom stereocenters. The van der Waals surface area contributed by atoms with Crippen LogP contribution in [-0.2, 0) is 16.0 Å². The Bertz CT molecular complexity index is 533. The van der Waals surface area contributed by atoms with Crippen molar-refractivity contribution >= 4 is 11.6 Å². The van der Waals surface area contributed by atoms with E-state index in [0.29, 0.717) is 6.42 Å². The molecule has 4 nitrogen and oxygen atoms in total. The highest BCUT2D eigenvalue weighted by atomic mass is 16.5. The minimum atomic E-state index is -0.595. The van der Waals surface area contributed by atoms with Crippen molar-refractivity contribution in [1.82, 2.24) is 0 Å². The molecule has 2 heterocycles. The second-order valence-corrected chi connectivity index (χ2v) is 5.47. The number of ether oxygens (including phenoxy) is 1. The van der Waals surface area contributed by atoms with E-state index in [9.17, 15) is 9.90 Å². The Hall–Kier alpha value is -1.39. The first kappa shape index (κ1) is 12.6. The van der Waals surface area contributed by atoms with Crippen molar-refractivity contribution < 1.29 is 14.6 Å². The minimum Gasteiger partial charge on any atom is -0.386 e. The largest absolute Gasteiger partial charge is 0.386 e. The lowest BCUT2D eigenvalue weighted by Crippen LogP contribution is -2.18. The maximum Gasteiger partial charge on any atom is 0.228 e. The van der Waals surface area contributed by atoms with Gasteiger partial charge in [0.2, 0.25) is 5.91 Å². The minimum absolute atomic E-state index is 0.0289. The summed E-state index contributed by atoms with van der Waals surface area (Å²) in [6.45, 7) is 4.71. The third-order valence-corrected chi connectivity index (χ3v) is 4.27. The maximum absolute atomic E-state index is 11.5. The number of hydrogen-bond donors (Lipinski definition) is 2. The molecule has 0 saturated carbocycles. The molecule has 2 aliphatic heterocycles. The Morgan fingerprint density at radius 1 is 1.42 bits per heavy atom. The SMILES string of the molecule is Cc1c(C(O)C2CCCO2)cc2c(c1C)NC(=O)C2. The van der Waals surface area contributed by atoms with E-state index in [1.807, 2.05) is 19.9 Å². The van der Waals surface area contributed by atoms with Gasteiger partial charge >= 0.3 is 0 Å². The van der Waals surface area contributed by atoms with E-state index >= 15 is 0 Å². The fourth-order valence-corrected chi connectivity index (χ4v) is 3.04. The first-order valence-corrected chi connectivity index (χ1v) is 6.80. The monoisotopic (exact) mass is 261 g/mol. The Morgan fingerprint density at radius 3 is 2.89 bits per heavy atom. The van der Waals surface area contributed by atoms with Gasteiger partial charge in [-0.25, -0.2) is 0 Å². The number of hydrogen-bond acceptors (Lipinski definition) is 3. The normalized spacial score (nSPS) is 23.3. The van der Waals surface area contributed by atoms with Crippen LogP contribution in [0.4, 0.5) is 5.69 Å². The molecule has 3 rings (SSSR count). The second kappa shape index (κ2) is 4.62. The van der Waals surface area contributed by atoms with E-state index in [4.69, 9.17) is 4.74 Å². The standard InChI is InChI=1S/C15H19NO3/c1-8-9(2)14-10(7-13(17)16-14)6-11(8)15(18)12-4-3-5-19-12/h6,12,15,18H,3-5,7H2,1-2H3,(H,16,17). The maximum atomic E-state index is 11.5. The molecule has 19 heavy (non-hydrogen) atoms. The topological polar surface area (TPSA) is 58.6 Å². The van der Waals surface area contributed by atoms with Crippen LogP contribution in [-0.4, -0.2) is 23.7 Å². The number of nitrogens with one attached hydrogen (secondary N) is 1. The summed E-state index contributed by atoms with van der Waals surface area (Å²) >= 11 is 0. The molecule has 0 radical (unpaired) electrons. The average molecular weight is 261 g/mol. The first-order chi connectivity index (χ1) is 9.08. The highest BCUT2D eigenvalue weighted by Gasteiger charge is 2.30. The number of carbonyl (C=O) groups excluding carboxylic acids is 1. The first-order valence-electron chi connectivity index (χ1n) is 6.80. The number of fused-ring (bicyclic) bond motifs is 1. The van der Waals surface area contributed by atoms with Gasteiger partial charge in [0.1, 0.15) is 6.10 Å². The Labute approximate surface area is 112 Å². The number of amides is 1. The summed E-state index contributed by atoms with van der Waals surface area (Å²) in [5.41, 5.74) is 4.91. The van der Waals surface area contributed by atoms with Crippen LogP contribution in [0.1, 0.15) is 41.2 Å². The van der Waals surface area contributed by atoms with E-state index < -0.39 is 6.10 Å². The number of aliphatic hydroxyl groups is 1. The van der Waals surface area contributed by atoms with Crippen LogP contribution < -0.4 is 5.32 Å². The van der Waals surface area contributed by atoms with Gasteiger partial charge in [0, 0.05) is 12.3 Å². The van der Waals surface area contributed by atoms with Crippen LogP contribution in [0, 0.1) is 13.8 Å². The van der Waals surface area contributed by atoms with Crippen LogP contribution in [0.5, 0.6) is 0 Å². The third kappa shape index (κ3) is 2.05. The van der Waals surface area contributed by atoms with Crippen molar-refractivity contribution in [3.8, 4) is 0 Å². The summed E-state index contributed by atoms with van der Waals surface area (Å²) in [6, 6.07) is 1.96. The molecule has 4 heteroatoms. The number of anilines is 1. The Kier molecular flexibility index (Phi) is 3.07. The molecular weight excluding hydrogens is 242 g/mol. The summed E-state index contributed by atoms with van der Waals surface area (Å²) < 4.78 is 5.57. The highest BCUT2D eigenvalue weighted by molar-refractivity contribution is 6.00. The summed E-state index contributed by atoms with van der Waals surface area (Å²) in [6.07, 6.45) is 1.60. The van der Waals surface area contributed by atoms with Gasteiger partial charge in [0.25, 0.3) is 0 Å². The van der Waals surface area contributed by atoms with Gasteiger partial charge in [-0.3, -0.25) is 4.79 Å². The van der Waals surface area contributed by atoms with Crippen molar-refractivity contribution in [2.24, 2.45) is 0 Å². The molecule has 2 aliphatic rings. The molecule has 1 aromatic carbocycles. The molecule has 1 amide bonds. The van der Waals surface area contributed by atoms with Gasteiger partial charge in [-0.15, -0.1) is 0 Å². The molecule has 102 valence electrons. The Balaban J connectivity index is 2.00. The predicted molar refractivity (Wildman–Crippen MR) is 72.2 cm³/mol. The summed E-state index contributed by atoms with van der Waals surface area (Å²) in [7, 11) is 0. The molecule has 0 aliphatic carbocycles. The van der Waals surface area contributed by atoms with Crippen LogP contribution in [0.25, 0.3) is 0 Å². The van der Waals surface area contributed by atoms with Crippen molar-refractivity contribution in [1.29, 1.82) is 0 Å². The van der Waals surface area contributed by atoms with E-state index in [2.05, 4.69) is 5.32 Å². The van der Waals surface area contributed by atoms with Crippen molar-refractivity contribution in [3.05, 3.63) is 28.3 Å². The lowest BCUT2D eigenvalue weighted by Gasteiger charge is -2.22. The van der Waals surface area contributed by atoms with Gasteiger partial charge in [-0.1, -0.05) is 6.07 Å². The number of carbonyl (C=O) groups is 1. The fourth-order valence-electron chi connectivity index (χ4n) is 3.04. The zero-order valence-electron chi connectivity index (χ0n) is 11.3. The fraction of sp³-hybridized carbons (Fsp3) is 0.533. The molecule has 1 saturated heterocycles. The van der Waals surface area contributed by atoms with Gasteiger partial charge < -0.3 is 15.2 Å². The van der Waals surface area contributed by atoms with Crippen LogP contribution in [0.3, 0.4) is 0 Å². The van der Waals surface area contributed by atoms with Gasteiger partial charge in [-0.05, 0) is 48.9 Å². The van der Waals surface area contributed by atoms with Crippen molar-refractivity contribution in [2.75, 3.05) is 11.9 Å². The van der Waals surface area contributed by atoms with Crippen LogP contribution in [0.15, 0.2) is 6.07 Å². The van der Waals surface area contributed by atoms with Crippen LogP contribution in [0.2, 0.25) is 0 Å². The highest BCUT2D eigenvalue weighted by Crippen LogP contribution is 2.36. The van der Waals surface area contributed by atoms with Gasteiger partial charge in [-0.2, -0.15) is 0 Å². The van der Waals surface area contributed by atoms with Gasteiger partial charge in [0.15, 0.2) is 0 Å². The molecule has 2 atom stereocenters. The third-order valence-electron chi connectivity index (χ3n) is 4.27. The zero-order valence-corrected chi connectivity index (χ0v) is 11.3. The summed E-state index contributed by atoms with van der Waals surface area (Å²) in [5, 5.41) is 13.4. The molecule has 1 fully saturated rings. The second-order valence-electron chi connectivity index (χ2n) is 5.47. The van der Waals surface area contributed by atoms with E-state index in [-0.39, 0.29) is 12.0 Å². The molecule has 0 bridgehead atoms. The molecule has 0 aromatic heterocycles. The van der Waals surface area contributed by atoms with Crippen molar-refractivity contribution in [2.45, 2.75) is 45.3 Å². The number of aliphatic hydroxyl groups excluding tert-OH is 1. The number of benzene rings is 1. The Morgan fingerprint density at radius 2 is 2.21 bits per heavy atom. The van der Waals surface area contributed by atoms with Crippen molar-refractivity contribution in [3.63, 3.8) is 0 Å². The lowest BCUT2D eigenvalue weighted by atomic mass is 9.91. The summed E-state index contributed by atoms with van der Waals surface area (Å²) in [4.78, 5) is 11.5. The smallest absolute Gasteiger partial charge is 0.228 e. The molecular formula is C15H19NO3. The summed E-state index contributed by atoms with van der Waals surface area (Å²) in [5.74, 6) is 0.0289. The zero-order chi connectivity index (χ0) is 13.6. The average Bonchev–Trinajstić information content (AvgIpc) is 3.01. The quantitative estimate of drug-likeness (QED) is 0.856.